The van der Waals surface area contributed by atoms with Crippen molar-refractivity contribution in [3.8, 4) is 0 Å². The third-order valence-corrected chi connectivity index (χ3v) is 7.97. The van der Waals surface area contributed by atoms with Gasteiger partial charge < -0.3 is 15.3 Å². The lowest BCUT2D eigenvalue weighted by Gasteiger charge is -2.32. The average molecular weight is 465 g/mol. The van der Waals surface area contributed by atoms with Crippen molar-refractivity contribution in [1.82, 2.24) is 14.3 Å². The molecule has 0 spiro atoms. The van der Waals surface area contributed by atoms with Crippen LogP contribution in [-0.2, 0) is 4.79 Å². The van der Waals surface area contributed by atoms with Crippen LogP contribution in [0.25, 0.3) is 5.65 Å². The number of likely N-dealkylation sites (tertiary alicyclic amines) is 1. The maximum Gasteiger partial charge on any atom is 0.274 e. The minimum Gasteiger partial charge on any atom is -0.396 e. The van der Waals surface area contributed by atoms with Crippen molar-refractivity contribution in [2.45, 2.75) is 58.3 Å². The molecule has 3 aliphatic rings. The largest absolute Gasteiger partial charge is 0.396 e. The van der Waals surface area contributed by atoms with Crippen LogP contribution in [0.2, 0.25) is 0 Å². The summed E-state index contributed by atoms with van der Waals surface area (Å²) in [6.45, 7) is 3.54. The van der Waals surface area contributed by atoms with Crippen molar-refractivity contribution in [3.05, 3.63) is 42.2 Å². The predicted octanol–water partition coefficient (Wildman–Crippen LogP) is 4.28. The quantitative estimate of drug-likeness (QED) is 0.599. The molecule has 1 saturated carbocycles. The molecule has 4 atom stereocenters. The van der Waals surface area contributed by atoms with Crippen LogP contribution in [0, 0.1) is 23.2 Å². The van der Waals surface area contributed by atoms with Gasteiger partial charge in [0, 0.05) is 32.3 Å². The van der Waals surface area contributed by atoms with Crippen molar-refractivity contribution in [2.75, 3.05) is 25.0 Å². The van der Waals surface area contributed by atoms with E-state index in [0.717, 1.165) is 50.4 Å². The van der Waals surface area contributed by atoms with E-state index in [-0.39, 0.29) is 29.8 Å². The van der Waals surface area contributed by atoms with Crippen LogP contribution in [0.15, 0.2) is 36.5 Å². The highest BCUT2D eigenvalue weighted by molar-refractivity contribution is 5.94. The summed E-state index contributed by atoms with van der Waals surface area (Å²) in [6, 6.07) is 5.57. The highest BCUT2D eigenvalue weighted by Gasteiger charge is 2.44. The molecule has 2 aromatic rings. The van der Waals surface area contributed by atoms with Gasteiger partial charge in [-0.25, -0.2) is 4.98 Å². The van der Waals surface area contributed by atoms with Gasteiger partial charge in [-0.3, -0.25) is 14.0 Å². The molecule has 7 nitrogen and oxygen atoms in total. The molecule has 3 heterocycles. The van der Waals surface area contributed by atoms with E-state index < -0.39 is 0 Å². The number of aliphatic hydroxyl groups excluding tert-OH is 1. The predicted molar refractivity (Wildman–Crippen MR) is 131 cm³/mol. The lowest BCUT2D eigenvalue weighted by molar-refractivity contribution is -0.118. The Hall–Kier alpha value is -2.67. The fourth-order valence-electron chi connectivity index (χ4n) is 6.14. The molecule has 4 unspecified atom stereocenters. The minimum absolute atomic E-state index is 0.0249. The number of imidazole rings is 1. The molecular formula is C27H36N4O3. The average Bonchev–Trinajstić information content (AvgIpc) is 3.43. The molecule has 0 bridgehead atoms. The number of allylic oxidation sites excluding steroid dienone is 2. The number of carbonyl (C=O) groups excluding carboxylic acids is 2. The van der Waals surface area contributed by atoms with Crippen LogP contribution in [0.5, 0.6) is 0 Å². The van der Waals surface area contributed by atoms with E-state index in [2.05, 4.69) is 29.4 Å². The van der Waals surface area contributed by atoms with Gasteiger partial charge in [0.15, 0.2) is 0 Å². The van der Waals surface area contributed by atoms with E-state index in [1.54, 1.807) is 15.5 Å². The third-order valence-electron chi connectivity index (χ3n) is 7.97. The third kappa shape index (κ3) is 4.76. The van der Waals surface area contributed by atoms with Crippen molar-refractivity contribution in [1.29, 1.82) is 0 Å². The Morgan fingerprint density at radius 2 is 2.21 bits per heavy atom. The summed E-state index contributed by atoms with van der Waals surface area (Å²) < 4.78 is 1.80. The van der Waals surface area contributed by atoms with Gasteiger partial charge in [0.1, 0.15) is 17.2 Å². The minimum atomic E-state index is -0.120. The molecule has 1 saturated heterocycles. The molecule has 2 aliphatic carbocycles. The van der Waals surface area contributed by atoms with E-state index >= 15 is 0 Å². The maximum atomic E-state index is 13.2. The Morgan fingerprint density at radius 1 is 1.32 bits per heavy atom. The number of anilines is 1. The zero-order valence-corrected chi connectivity index (χ0v) is 20.1. The van der Waals surface area contributed by atoms with Crippen LogP contribution < -0.4 is 5.32 Å². The molecule has 2 N–H and O–H groups in total. The standard InChI is InChI=1S/C27H36N4O3/c1-2-10-27(11-4-7-20-13-21(20)14-27)15-25(33)29-24-9-3-8-23-28-22(17-31(23)24)26(34)30-12-5-6-19(16-30)18-32/h3-4,7-9,17,19-21,32H,2,5-6,10-16,18H2,1H3,(H,29,33). The van der Waals surface area contributed by atoms with E-state index in [0.29, 0.717) is 36.7 Å². The van der Waals surface area contributed by atoms with Gasteiger partial charge in [-0.15, -0.1) is 0 Å². The number of nitrogens with one attached hydrogen (secondary N) is 1. The summed E-state index contributed by atoms with van der Waals surface area (Å²) >= 11 is 0. The van der Waals surface area contributed by atoms with Crippen LogP contribution in [0.4, 0.5) is 5.82 Å². The second-order valence-electron chi connectivity index (χ2n) is 10.7. The number of hydrogen-bond donors (Lipinski definition) is 2. The first-order chi connectivity index (χ1) is 16.5. The molecule has 34 heavy (non-hydrogen) atoms. The second kappa shape index (κ2) is 9.53. The number of carbonyl (C=O) groups is 2. The molecule has 0 radical (unpaired) electrons. The summed E-state index contributed by atoms with van der Waals surface area (Å²) in [5, 5.41) is 12.6. The number of fused-ring (bicyclic) bond motifs is 2. The zero-order chi connectivity index (χ0) is 23.7. The molecule has 2 aromatic heterocycles. The number of nitrogens with zero attached hydrogens (tertiary/aromatic N) is 3. The van der Waals surface area contributed by atoms with Gasteiger partial charge in [0.2, 0.25) is 5.91 Å². The van der Waals surface area contributed by atoms with Crippen LogP contribution in [0.3, 0.4) is 0 Å². The molecule has 5 rings (SSSR count). The van der Waals surface area contributed by atoms with Crippen molar-refractivity contribution in [3.63, 3.8) is 0 Å². The van der Waals surface area contributed by atoms with Crippen molar-refractivity contribution < 1.29 is 14.7 Å². The van der Waals surface area contributed by atoms with Gasteiger partial charge in [-0.1, -0.05) is 31.6 Å². The summed E-state index contributed by atoms with van der Waals surface area (Å²) in [4.78, 5) is 32.6. The van der Waals surface area contributed by atoms with Gasteiger partial charge in [-0.05, 0) is 73.8 Å². The van der Waals surface area contributed by atoms with Crippen LogP contribution in [0.1, 0.15) is 68.8 Å². The van der Waals surface area contributed by atoms with Crippen LogP contribution in [-0.4, -0.2) is 50.9 Å². The Labute approximate surface area is 201 Å². The fourth-order valence-corrected chi connectivity index (χ4v) is 6.14. The number of aliphatic hydroxyl groups is 1. The van der Waals surface area contributed by atoms with Crippen molar-refractivity contribution in [2.24, 2.45) is 23.2 Å². The first-order valence-electron chi connectivity index (χ1n) is 12.8. The van der Waals surface area contributed by atoms with Crippen LogP contribution >= 0.6 is 0 Å². The number of aromatic nitrogens is 2. The smallest absolute Gasteiger partial charge is 0.274 e. The lowest BCUT2D eigenvalue weighted by atomic mass is 9.73. The molecule has 182 valence electrons. The Bertz CT molecular complexity index is 1090. The van der Waals surface area contributed by atoms with Gasteiger partial charge in [-0.2, -0.15) is 0 Å². The number of amides is 2. The number of pyridine rings is 1. The molecular weight excluding hydrogens is 428 g/mol. The summed E-state index contributed by atoms with van der Waals surface area (Å²) in [5.41, 5.74) is 1.04. The van der Waals surface area contributed by atoms with E-state index in [4.69, 9.17) is 0 Å². The lowest BCUT2D eigenvalue weighted by Crippen LogP contribution is -2.41. The first kappa shape index (κ1) is 23.1. The highest BCUT2D eigenvalue weighted by atomic mass is 16.3. The van der Waals surface area contributed by atoms with Gasteiger partial charge >= 0.3 is 0 Å². The second-order valence-corrected chi connectivity index (χ2v) is 10.7. The summed E-state index contributed by atoms with van der Waals surface area (Å²) in [6.07, 6.45) is 14.2. The molecule has 0 aromatic carbocycles. The maximum absolute atomic E-state index is 13.2. The summed E-state index contributed by atoms with van der Waals surface area (Å²) in [7, 11) is 0. The fraction of sp³-hybridized carbons (Fsp3) is 0.593. The van der Waals surface area contributed by atoms with Crippen molar-refractivity contribution >= 4 is 23.3 Å². The topological polar surface area (TPSA) is 86.9 Å². The van der Waals surface area contributed by atoms with E-state index in [1.165, 1.54) is 6.42 Å². The molecule has 2 fully saturated rings. The normalized spacial score (nSPS) is 28.4. The highest BCUT2D eigenvalue weighted by Crippen LogP contribution is 2.53. The summed E-state index contributed by atoms with van der Waals surface area (Å²) in [5.74, 6) is 2.14. The molecule has 7 heteroatoms. The number of piperidine rings is 1. The Kier molecular flexibility index (Phi) is 6.47. The monoisotopic (exact) mass is 464 g/mol. The van der Waals surface area contributed by atoms with Gasteiger partial charge in [0.05, 0.1) is 0 Å². The van der Waals surface area contributed by atoms with E-state index in [9.17, 15) is 14.7 Å². The number of rotatable bonds is 7. The molecule has 1 aliphatic heterocycles. The van der Waals surface area contributed by atoms with Gasteiger partial charge in [0.25, 0.3) is 5.91 Å². The molecule has 2 amide bonds. The zero-order valence-electron chi connectivity index (χ0n) is 20.1. The number of hydrogen-bond acceptors (Lipinski definition) is 4. The first-order valence-corrected chi connectivity index (χ1v) is 12.8. The van der Waals surface area contributed by atoms with E-state index in [1.807, 2.05) is 18.2 Å². The SMILES string of the molecule is CCCC1(CC(=O)Nc2cccc3nc(C(=O)N4CCCC(CO)C4)cn23)CC=CC2CC2C1. The Balaban J connectivity index is 1.32. The Morgan fingerprint density at radius 3 is 3.03 bits per heavy atom.